The fraction of sp³-hybridized carbons (Fsp3) is 0.609. The lowest BCUT2D eigenvalue weighted by Crippen LogP contribution is -2.61. The Labute approximate surface area is 524 Å². The minimum absolute atomic E-state index is 0.0915. The van der Waals surface area contributed by atoms with Crippen molar-refractivity contribution in [2.45, 2.75) is 195 Å². The van der Waals surface area contributed by atoms with E-state index in [-0.39, 0.29) is 51.0 Å². The van der Waals surface area contributed by atoms with Gasteiger partial charge in [0.25, 0.3) is 5.91 Å². The van der Waals surface area contributed by atoms with Crippen molar-refractivity contribution in [2.24, 2.45) is 41.4 Å². The van der Waals surface area contributed by atoms with Gasteiger partial charge in [0.05, 0.1) is 23.2 Å². The molecule has 0 aromatic heterocycles. The molecule has 2 aliphatic heterocycles. The second-order valence-electron chi connectivity index (χ2n) is 26.6. The molecule has 0 aliphatic carbocycles. The number of ether oxygens (including phenoxy) is 1. The number of esters is 1. The Morgan fingerprint density at radius 3 is 1.75 bits per heavy atom. The average molecular weight is 1240 g/mol. The number of rotatable bonds is 14. The number of ketones is 2. The Kier molecular flexibility index (Phi) is 25.5. The highest BCUT2D eigenvalue weighted by Gasteiger charge is 2.48. The number of hydrogen-bond acceptors (Lipinski definition) is 11. The molecular weight excluding hydrogens is 1150 g/mol. The molecule has 490 valence electrons. The van der Waals surface area contributed by atoms with Crippen molar-refractivity contribution in [2.75, 3.05) is 34.7 Å². The van der Waals surface area contributed by atoms with Gasteiger partial charge in [0, 0.05) is 78.2 Å². The van der Waals surface area contributed by atoms with Crippen LogP contribution in [-0.4, -0.2) is 165 Å². The molecule has 2 fully saturated rings. The maximum absolute atomic E-state index is 15.7. The Morgan fingerprint density at radius 1 is 0.618 bits per heavy atom. The number of cyclic esters (lactones) is 1. The van der Waals surface area contributed by atoms with Crippen molar-refractivity contribution in [3.05, 3.63) is 95.6 Å². The fourth-order valence-corrected chi connectivity index (χ4v) is 12.8. The maximum Gasteiger partial charge on any atom is 0.416 e. The zero-order chi connectivity index (χ0) is 66.7. The number of benzene rings is 3. The molecular formula is C69H97F3N6O11. The lowest BCUT2D eigenvalue weighted by molar-refractivity contribution is -0.178. The summed E-state index contributed by atoms with van der Waals surface area (Å²) in [4.78, 5) is 143. The predicted octanol–water partition coefficient (Wildman–Crippen LogP) is 9.24. The lowest BCUT2D eigenvalue weighted by Gasteiger charge is -2.39. The Bertz CT molecular complexity index is 2970. The van der Waals surface area contributed by atoms with E-state index in [4.69, 9.17) is 4.74 Å². The van der Waals surface area contributed by atoms with Gasteiger partial charge in [-0.05, 0) is 97.6 Å². The number of carbonyl (C=O) groups excluding carboxylic acids is 9. The van der Waals surface area contributed by atoms with Crippen molar-refractivity contribution in [1.82, 2.24) is 29.8 Å². The van der Waals surface area contributed by atoms with Gasteiger partial charge in [-0.2, -0.15) is 13.2 Å². The number of nitrogens with one attached hydrogen (secondary N) is 1. The summed E-state index contributed by atoms with van der Waals surface area (Å²) in [5.41, 5.74) is -0.696. The molecule has 0 radical (unpaired) electrons. The van der Waals surface area contributed by atoms with Crippen LogP contribution in [0.2, 0.25) is 0 Å². The molecule has 5 rings (SSSR count). The number of likely N-dealkylation sites (N-methyl/N-ethyl adjacent to an activating group) is 4. The number of nitrogens with zero attached hydrogens (tertiary/aromatic N) is 5. The van der Waals surface area contributed by atoms with E-state index in [9.17, 15) is 32.7 Å². The molecule has 2 N–H and O–H groups in total. The van der Waals surface area contributed by atoms with E-state index in [1.807, 2.05) is 27.7 Å². The third kappa shape index (κ3) is 18.1. The van der Waals surface area contributed by atoms with Crippen LogP contribution in [-0.2, 0) is 66.9 Å². The molecule has 2 saturated heterocycles. The highest BCUT2D eigenvalue weighted by molar-refractivity contribution is 5.99. The third-order valence-electron chi connectivity index (χ3n) is 18.1. The monoisotopic (exact) mass is 1240 g/mol. The zero-order valence-corrected chi connectivity index (χ0v) is 55.1. The molecule has 2 heterocycles. The van der Waals surface area contributed by atoms with Crippen LogP contribution in [0, 0.1) is 41.4 Å². The lowest BCUT2D eigenvalue weighted by atomic mass is 9.82. The molecule has 6 amide bonds. The molecule has 0 bridgehead atoms. The van der Waals surface area contributed by atoms with E-state index in [0.29, 0.717) is 41.5 Å². The van der Waals surface area contributed by atoms with Crippen molar-refractivity contribution in [1.29, 1.82) is 0 Å². The van der Waals surface area contributed by atoms with E-state index in [0.717, 1.165) is 21.9 Å². The Balaban J connectivity index is 1.73. The average Bonchev–Trinajstić information content (AvgIpc) is 3.49. The van der Waals surface area contributed by atoms with Crippen LogP contribution in [0.15, 0.2) is 78.9 Å². The van der Waals surface area contributed by atoms with Gasteiger partial charge < -0.3 is 39.7 Å². The minimum atomic E-state index is -4.57. The molecule has 3 aromatic rings. The summed E-state index contributed by atoms with van der Waals surface area (Å²) >= 11 is 0. The largest absolute Gasteiger partial charge is 0.450 e. The van der Waals surface area contributed by atoms with Crippen LogP contribution in [0.3, 0.4) is 0 Å². The second-order valence-corrected chi connectivity index (χ2v) is 26.6. The summed E-state index contributed by atoms with van der Waals surface area (Å²) in [5.74, 6) is -10.3. The van der Waals surface area contributed by atoms with Crippen molar-refractivity contribution >= 4 is 53.0 Å². The van der Waals surface area contributed by atoms with Crippen molar-refractivity contribution in [3.8, 4) is 11.1 Å². The summed E-state index contributed by atoms with van der Waals surface area (Å²) in [5, 5.41) is 14.7. The van der Waals surface area contributed by atoms with Crippen LogP contribution in [0.1, 0.15) is 145 Å². The van der Waals surface area contributed by atoms with Crippen LogP contribution in [0.5, 0.6) is 0 Å². The maximum atomic E-state index is 15.7. The molecule has 17 nitrogen and oxygen atoms in total. The van der Waals surface area contributed by atoms with Crippen LogP contribution in [0.4, 0.5) is 13.2 Å². The highest BCUT2D eigenvalue weighted by atomic mass is 19.4. The van der Waals surface area contributed by atoms with Gasteiger partial charge in [-0.25, -0.2) is 4.79 Å². The summed E-state index contributed by atoms with van der Waals surface area (Å²) in [6, 6.07) is 12.4. The topological polar surface area (TPSA) is 211 Å². The number of amides is 6. The fourth-order valence-electron chi connectivity index (χ4n) is 12.8. The first kappa shape index (κ1) is 72.8. The number of carbonyl (C=O) groups is 9. The Morgan fingerprint density at radius 2 is 1.20 bits per heavy atom. The smallest absolute Gasteiger partial charge is 0.416 e. The van der Waals surface area contributed by atoms with E-state index in [1.165, 1.54) is 68.9 Å². The van der Waals surface area contributed by atoms with Crippen molar-refractivity contribution in [3.63, 3.8) is 0 Å². The first-order chi connectivity index (χ1) is 41.5. The van der Waals surface area contributed by atoms with Gasteiger partial charge in [0.2, 0.25) is 29.5 Å². The Hall–Kier alpha value is -6.96. The third-order valence-corrected chi connectivity index (χ3v) is 18.1. The van der Waals surface area contributed by atoms with Crippen molar-refractivity contribution < 1.29 is 66.2 Å². The summed E-state index contributed by atoms with van der Waals surface area (Å²) in [6.07, 6.45) is -5.46. The number of Topliss-reactive ketones (excluding diaryl/α,β-unsaturated/α-hetero) is 2. The van der Waals surface area contributed by atoms with E-state index < -0.39 is 148 Å². The van der Waals surface area contributed by atoms with Crippen LogP contribution in [0.25, 0.3) is 11.1 Å². The SMILES string of the molecule is CCC(C)[C@@H]1CC(=O)C2CCCN2C(=O)C(Cc2cccc(-c3ccc(C(F)(F)F)cc3)c2)N(C)C(=O)[C@H](Cc2ccccc2)NC(=O)[C@H](C(C)C)N(C)C(=O)[C@@H](C(C)CC)OC(=O)[C@H](C(C)(C)O)N(C)C(=O)[C@H](CC(C)C)CC(=O)[C@H](C(C)C)N(C)C1=O. The standard InChI is InChI=1S/C69H97F3N6O11/c1-17-43(9)51-39-55(79)53-28-23-33-78(53)65(85)54(37-46-26-22-27-48(35-46)47-29-31-50(32-30-47)69(70,71)72)74(13)64(84)52(36-45-24-20-19-21-25-45)73-61(81)58(42(7)8)76(15)66(86)59(44(10)18-2)89-67(87)60(68(11,12)88)77(16)62(82)49(34-40(3)4)38-56(80)57(41(5)6)75(14)63(51)83/h19-22,24-27,29-32,35,40-44,49,51-54,57-60,88H,17-18,23,28,33-34,36-39H2,1-16H3,(H,73,81)/t43?,44?,49-,51+,52+,53?,54?,57+,58+,59-,60-/m1/s1. The van der Waals surface area contributed by atoms with Crippen LogP contribution < -0.4 is 5.32 Å². The molecule has 11 atom stereocenters. The summed E-state index contributed by atoms with van der Waals surface area (Å²) < 4.78 is 47.1. The van der Waals surface area contributed by atoms with Gasteiger partial charge >= 0.3 is 12.1 Å². The zero-order valence-electron chi connectivity index (χ0n) is 55.1. The normalized spacial score (nSPS) is 25.2. The van der Waals surface area contributed by atoms with E-state index in [2.05, 4.69) is 5.32 Å². The number of halogens is 3. The molecule has 4 unspecified atom stereocenters. The van der Waals surface area contributed by atoms with Crippen LogP contribution >= 0.6 is 0 Å². The highest BCUT2D eigenvalue weighted by Crippen LogP contribution is 2.34. The van der Waals surface area contributed by atoms with E-state index in [1.54, 1.807) is 96.1 Å². The molecule has 0 spiro atoms. The van der Waals surface area contributed by atoms with E-state index >= 15 is 28.8 Å². The second kappa shape index (κ2) is 31.2. The van der Waals surface area contributed by atoms with Gasteiger partial charge in [0.15, 0.2) is 23.7 Å². The first-order valence-electron chi connectivity index (χ1n) is 31.5. The first-order valence-corrected chi connectivity index (χ1v) is 31.5. The number of hydrogen-bond donors (Lipinski definition) is 2. The number of aliphatic hydroxyl groups is 1. The molecule has 3 aromatic carbocycles. The molecule has 0 saturated carbocycles. The number of fused-ring (bicyclic) bond motifs is 1. The summed E-state index contributed by atoms with van der Waals surface area (Å²) in [7, 11) is 5.64. The predicted molar refractivity (Wildman–Crippen MR) is 334 cm³/mol. The van der Waals surface area contributed by atoms with Gasteiger partial charge in [-0.3, -0.25) is 38.4 Å². The van der Waals surface area contributed by atoms with Gasteiger partial charge in [0.1, 0.15) is 18.1 Å². The number of alkyl halides is 3. The molecule has 20 heteroatoms. The minimum Gasteiger partial charge on any atom is -0.450 e. The van der Waals surface area contributed by atoms with Gasteiger partial charge in [-0.1, -0.05) is 142 Å². The van der Waals surface area contributed by atoms with Gasteiger partial charge in [-0.15, -0.1) is 0 Å². The quantitative estimate of drug-likeness (QED) is 0.145. The molecule has 2 aliphatic rings. The molecule has 89 heavy (non-hydrogen) atoms. The summed E-state index contributed by atoms with van der Waals surface area (Å²) in [6.45, 7) is 20.6.